The third-order valence-electron chi connectivity index (χ3n) is 6.30. The van der Waals surface area contributed by atoms with Crippen LogP contribution in [0.25, 0.3) is 0 Å². The third kappa shape index (κ3) is 8.40. The summed E-state index contributed by atoms with van der Waals surface area (Å²) in [4.78, 5) is 0. The molecule has 2 fully saturated rings. The van der Waals surface area contributed by atoms with E-state index in [1.807, 2.05) is 0 Å². The van der Waals surface area contributed by atoms with Gasteiger partial charge in [-0.2, -0.15) is 5.26 Å². The molecule has 3 heteroatoms. The minimum absolute atomic E-state index is 0.00130. The summed E-state index contributed by atoms with van der Waals surface area (Å²) in [6, 6.07) is 2.41. The van der Waals surface area contributed by atoms with Gasteiger partial charge in [0.25, 0.3) is 0 Å². The Bertz CT molecular complexity index is 376. The normalized spacial score (nSPS) is 29.4. The Morgan fingerprint density at radius 1 is 0.769 bits per heavy atom. The molecule has 26 heavy (non-hydrogen) atoms. The van der Waals surface area contributed by atoms with Crippen molar-refractivity contribution in [3.05, 3.63) is 0 Å². The van der Waals surface area contributed by atoms with Crippen molar-refractivity contribution < 1.29 is 9.47 Å². The number of nitrogens with zero attached hydrogens (tertiary/aromatic N) is 1. The van der Waals surface area contributed by atoms with Gasteiger partial charge >= 0.3 is 0 Å². The Morgan fingerprint density at radius 3 is 1.85 bits per heavy atom. The maximum absolute atomic E-state index is 9.00. The Hall–Kier alpha value is -0.590. The molecule has 0 atom stereocenters. The topological polar surface area (TPSA) is 42.2 Å². The summed E-state index contributed by atoms with van der Waals surface area (Å²) in [6.07, 6.45) is 19.5. The zero-order chi connectivity index (χ0) is 18.5. The number of nitriles is 1. The highest BCUT2D eigenvalue weighted by Crippen LogP contribution is 2.34. The van der Waals surface area contributed by atoms with Crippen molar-refractivity contribution in [2.24, 2.45) is 17.8 Å². The molecule has 1 aliphatic carbocycles. The summed E-state index contributed by atoms with van der Waals surface area (Å²) in [6.45, 7) is 4.03. The summed E-state index contributed by atoms with van der Waals surface area (Å²) in [5.41, 5.74) is 0. The second-order valence-corrected chi connectivity index (χ2v) is 8.61. The van der Waals surface area contributed by atoms with Crippen LogP contribution in [0.5, 0.6) is 0 Å². The lowest BCUT2D eigenvalue weighted by atomic mass is 9.82. The highest BCUT2D eigenvalue weighted by molar-refractivity contribution is 4.88. The number of hydrogen-bond donors (Lipinski definition) is 0. The van der Waals surface area contributed by atoms with Crippen molar-refractivity contribution in [2.45, 2.75) is 110 Å². The average Bonchev–Trinajstić information content (AvgIpc) is 2.70. The van der Waals surface area contributed by atoms with Gasteiger partial charge in [0.2, 0.25) is 0 Å². The fraction of sp³-hybridized carbons (Fsp3) is 0.957. The van der Waals surface area contributed by atoms with Crippen LogP contribution in [-0.2, 0) is 9.47 Å². The summed E-state index contributed by atoms with van der Waals surface area (Å²) < 4.78 is 12.1. The average molecular weight is 364 g/mol. The quantitative estimate of drug-likeness (QED) is 0.366. The number of hydrogen-bond acceptors (Lipinski definition) is 3. The van der Waals surface area contributed by atoms with Gasteiger partial charge in [-0.15, -0.1) is 0 Å². The van der Waals surface area contributed by atoms with Crippen molar-refractivity contribution in [2.75, 3.05) is 13.2 Å². The van der Waals surface area contributed by atoms with Crippen molar-refractivity contribution in [3.8, 4) is 6.07 Å². The first-order valence-corrected chi connectivity index (χ1v) is 11.5. The molecule has 1 saturated heterocycles. The summed E-state index contributed by atoms with van der Waals surface area (Å²) in [7, 11) is 0. The first-order valence-electron chi connectivity index (χ1n) is 11.5. The van der Waals surface area contributed by atoms with Crippen LogP contribution in [0.2, 0.25) is 0 Å². The molecule has 2 aliphatic rings. The van der Waals surface area contributed by atoms with Gasteiger partial charge in [-0.25, -0.2) is 0 Å². The first kappa shape index (κ1) is 21.7. The minimum atomic E-state index is -0.00130. The molecule has 3 nitrogen and oxygen atoms in total. The molecular formula is C23H41NO2. The summed E-state index contributed by atoms with van der Waals surface area (Å²) >= 11 is 0. The van der Waals surface area contributed by atoms with Crippen LogP contribution >= 0.6 is 0 Å². The Morgan fingerprint density at radius 2 is 1.31 bits per heavy atom. The van der Waals surface area contributed by atoms with Gasteiger partial charge in [0, 0.05) is 17.8 Å². The summed E-state index contributed by atoms with van der Waals surface area (Å²) in [5, 5.41) is 9.00. The van der Waals surface area contributed by atoms with E-state index < -0.39 is 0 Å². The number of rotatable bonds is 12. The van der Waals surface area contributed by atoms with Crippen LogP contribution in [0.3, 0.4) is 0 Å². The van der Waals surface area contributed by atoms with Gasteiger partial charge in [0.1, 0.15) is 0 Å². The largest absolute Gasteiger partial charge is 0.352 e. The number of ether oxygens (including phenoxy) is 2. The van der Waals surface area contributed by atoms with Crippen LogP contribution in [0, 0.1) is 29.1 Å². The van der Waals surface area contributed by atoms with Gasteiger partial charge in [0.15, 0.2) is 6.29 Å². The highest BCUT2D eigenvalue weighted by Gasteiger charge is 2.32. The molecule has 0 radical (unpaired) electrons. The zero-order valence-electron chi connectivity index (χ0n) is 17.1. The van der Waals surface area contributed by atoms with E-state index in [1.54, 1.807) is 0 Å². The predicted octanol–water partition coefficient (Wildman–Crippen LogP) is 6.62. The Labute approximate surface area is 161 Å². The molecule has 0 spiro atoms. The van der Waals surface area contributed by atoms with E-state index in [0.717, 1.165) is 38.9 Å². The molecule has 150 valence electrons. The van der Waals surface area contributed by atoms with E-state index in [2.05, 4.69) is 13.0 Å². The van der Waals surface area contributed by atoms with Crippen molar-refractivity contribution in [3.63, 3.8) is 0 Å². The lowest BCUT2D eigenvalue weighted by molar-refractivity contribution is -0.229. The molecule has 1 heterocycles. The smallest absolute Gasteiger partial charge is 0.160 e. The van der Waals surface area contributed by atoms with Crippen LogP contribution < -0.4 is 0 Å². The lowest BCUT2D eigenvalue weighted by Crippen LogP contribution is -2.38. The van der Waals surface area contributed by atoms with Gasteiger partial charge in [-0.3, -0.25) is 0 Å². The summed E-state index contributed by atoms with van der Waals surface area (Å²) in [5.74, 6) is 1.37. The van der Waals surface area contributed by atoms with Crippen molar-refractivity contribution in [1.29, 1.82) is 5.26 Å². The highest BCUT2D eigenvalue weighted by atomic mass is 16.7. The van der Waals surface area contributed by atoms with Crippen LogP contribution in [-0.4, -0.2) is 19.5 Å². The van der Waals surface area contributed by atoms with Gasteiger partial charge in [0.05, 0.1) is 19.3 Å². The predicted molar refractivity (Wildman–Crippen MR) is 107 cm³/mol. The standard InChI is InChI=1S/C23H41NO2/c1-2-3-4-5-6-7-8-9-10-11-12-21-18-25-23(26-19-21)22-15-13-20(17-24)14-16-22/h20-23H,2-16,18-19H2,1H3. The van der Waals surface area contributed by atoms with Crippen molar-refractivity contribution in [1.82, 2.24) is 0 Å². The molecule has 1 aliphatic heterocycles. The molecule has 0 aromatic carbocycles. The van der Waals surface area contributed by atoms with Gasteiger partial charge < -0.3 is 9.47 Å². The third-order valence-corrected chi connectivity index (χ3v) is 6.30. The molecule has 2 rings (SSSR count). The van der Waals surface area contributed by atoms with E-state index >= 15 is 0 Å². The van der Waals surface area contributed by atoms with Gasteiger partial charge in [-0.1, -0.05) is 71.1 Å². The van der Waals surface area contributed by atoms with Crippen LogP contribution in [0.1, 0.15) is 103 Å². The van der Waals surface area contributed by atoms with Gasteiger partial charge in [-0.05, 0) is 32.1 Å². The molecule has 0 amide bonds. The molecule has 0 aromatic heterocycles. The molecule has 0 aromatic rings. The van der Waals surface area contributed by atoms with E-state index in [4.69, 9.17) is 14.7 Å². The van der Waals surface area contributed by atoms with Crippen LogP contribution in [0.15, 0.2) is 0 Å². The minimum Gasteiger partial charge on any atom is -0.352 e. The molecule has 0 bridgehead atoms. The maximum atomic E-state index is 9.00. The second-order valence-electron chi connectivity index (χ2n) is 8.61. The van der Waals surface area contributed by atoms with Crippen molar-refractivity contribution >= 4 is 0 Å². The Kier molecular flexibility index (Phi) is 11.3. The second kappa shape index (κ2) is 13.6. The SMILES string of the molecule is CCCCCCCCCCCCC1COC(C2CCC(C#N)CC2)OC1. The first-order chi connectivity index (χ1) is 12.8. The van der Waals surface area contributed by atoms with E-state index in [0.29, 0.717) is 11.8 Å². The number of unbranched alkanes of at least 4 members (excludes halogenated alkanes) is 9. The lowest BCUT2D eigenvalue weighted by Gasteiger charge is -2.36. The fourth-order valence-electron chi connectivity index (χ4n) is 4.44. The van der Waals surface area contributed by atoms with E-state index in [9.17, 15) is 0 Å². The monoisotopic (exact) mass is 363 g/mol. The van der Waals surface area contributed by atoms with E-state index in [1.165, 1.54) is 70.6 Å². The van der Waals surface area contributed by atoms with Crippen LogP contribution in [0.4, 0.5) is 0 Å². The Balaban J connectivity index is 1.42. The molecule has 0 N–H and O–H groups in total. The molecular weight excluding hydrogens is 322 g/mol. The molecule has 0 unspecified atom stereocenters. The fourth-order valence-corrected chi connectivity index (χ4v) is 4.44. The zero-order valence-corrected chi connectivity index (χ0v) is 17.1. The van der Waals surface area contributed by atoms with E-state index in [-0.39, 0.29) is 12.2 Å². The maximum Gasteiger partial charge on any atom is 0.160 e. The molecule has 1 saturated carbocycles.